The molecule has 1 heterocycles. The summed E-state index contributed by atoms with van der Waals surface area (Å²) in [6.07, 6.45) is 0. The molecular weight excluding hydrogens is 350 g/mol. The first-order valence-electron chi connectivity index (χ1n) is 7.05. The summed E-state index contributed by atoms with van der Waals surface area (Å²) in [6.45, 7) is -0.383. The molecule has 0 aliphatic carbocycles. The molecule has 7 heteroatoms. The van der Waals surface area contributed by atoms with Crippen LogP contribution in [0.15, 0.2) is 53.4 Å². The summed E-state index contributed by atoms with van der Waals surface area (Å²) < 4.78 is 5.04. The van der Waals surface area contributed by atoms with Gasteiger partial charge >= 0.3 is 5.97 Å². The van der Waals surface area contributed by atoms with Crippen molar-refractivity contribution in [3.63, 3.8) is 0 Å². The van der Waals surface area contributed by atoms with E-state index < -0.39 is 17.8 Å². The zero-order valence-electron chi connectivity index (χ0n) is 12.4. The van der Waals surface area contributed by atoms with Crippen molar-refractivity contribution in [2.24, 2.45) is 0 Å². The Balaban J connectivity index is 1.53. The largest absolute Gasteiger partial charge is 0.443 e. The Morgan fingerprint density at radius 1 is 1.00 bits per heavy atom. The molecule has 0 N–H and O–H groups in total. The van der Waals surface area contributed by atoms with Gasteiger partial charge in [0.1, 0.15) is 0 Å². The number of imide groups is 1. The molecule has 0 radical (unpaired) electrons. The van der Waals surface area contributed by atoms with E-state index in [2.05, 4.69) is 0 Å². The van der Waals surface area contributed by atoms with Crippen LogP contribution in [0.4, 0.5) is 0 Å². The summed E-state index contributed by atoms with van der Waals surface area (Å²) in [5.74, 6) is -1.33. The molecule has 0 spiro atoms. The van der Waals surface area contributed by atoms with Crippen molar-refractivity contribution in [3.05, 3.63) is 64.7 Å². The number of ether oxygens (including phenoxy) is 1. The van der Waals surface area contributed by atoms with E-state index in [9.17, 15) is 14.4 Å². The number of hydrogen-bond acceptors (Lipinski definition) is 5. The van der Waals surface area contributed by atoms with Crippen molar-refractivity contribution >= 4 is 41.1 Å². The SMILES string of the molecule is O=C(CSc1ccc(Cl)cc1)OCN1C(=O)c2ccccc2C1=O. The second kappa shape index (κ2) is 7.07. The van der Waals surface area contributed by atoms with Gasteiger partial charge in [0.15, 0.2) is 6.73 Å². The average Bonchev–Trinajstić information content (AvgIpc) is 2.84. The van der Waals surface area contributed by atoms with Crippen LogP contribution in [-0.4, -0.2) is 35.2 Å². The normalized spacial score (nSPS) is 13.1. The van der Waals surface area contributed by atoms with Crippen LogP contribution < -0.4 is 0 Å². The Bertz CT molecular complexity index is 771. The Labute approximate surface area is 147 Å². The maximum absolute atomic E-state index is 12.1. The molecule has 2 aromatic carbocycles. The Kier molecular flexibility index (Phi) is 4.87. The van der Waals surface area contributed by atoms with Gasteiger partial charge in [-0.2, -0.15) is 0 Å². The van der Waals surface area contributed by atoms with Crippen molar-refractivity contribution < 1.29 is 19.1 Å². The lowest BCUT2D eigenvalue weighted by Crippen LogP contribution is -2.33. The van der Waals surface area contributed by atoms with Crippen LogP contribution in [-0.2, 0) is 9.53 Å². The van der Waals surface area contributed by atoms with Gasteiger partial charge in [0.05, 0.1) is 16.9 Å². The highest BCUT2D eigenvalue weighted by Crippen LogP contribution is 2.23. The number of hydrogen-bond donors (Lipinski definition) is 0. The first-order chi connectivity index (χ1) is 11.6. The lowest BCUT2D eigenvalue weighted by atomic mass is 10.1. The van der Waals surface area contributed by atoms with E-state index in [1.54, 1.807) is 48.5 Å². The average molecular weight is 362 g/mol. The molecule has 122 valence electrons. The first kappa shape index (κ1) is 16.5. The highest BCUT2D eigenvalue weighted by molar-refractivity contribution is 8.00. The molecule has 0 fully saturated rings. The van der Waals surface area contributed by atoms with Crippen molar-refractivity contribution in [1.29, 1.82) is 0 Å². The molecule has 2 amide bonds. The minimum Gasteiger partial charge on any atom is -0.443 e. The van der Waals surface area contributed by atoms with Crippen molar-refractivity contribution in [2.75, 3.05) is 12.5 Å². The molecule has 3 rings (SSSR count). The van der Waals surface area contributed by atoms with E-state index in [0.29, 0.717) is 16.1 Å². The zero-order valence-corrected chi connectivity index (χ0v) is 14.0. The third-order valence-electron chi connectivity index (χ3n) is 3.40. The highest BCUT2D eigenvalue weighted by atomic mass is 35.5. The minimum absolute atomic E-state index is 0.0742. The summed E-state index contributed by atoms with van der Waals surface area (Å²) in [7, 11) is 0. The van der Waals surface area contributed by atoms with E-state index in [0.717, 1.165) is 9.80 Å². The number of amides is 2. The fourth-order valence-electron chi connectivity index (χ4n) is 2.21. The third kappa shape index (κ3) is 3.44. The summed E-state index contributed by atoms with van der Waals surface area (Å²) in [5.41, 5.74) is 0.656. The van der Waals surface area contributed by atoms with Crippen molar-refractivity contribution in [1.82, 2.24) is 4.90 Å². The van der Waals surface area contributed by atoms with E-state index in [1.165, 1.54) is 11.8 Å². The Morgan fingerprint density at radius 3 is 2.17 bits per heavy atom. The summed E-state index contributed by atoms with van der Waals surface area (Å²) in [5, 5.41) is 0.618. The van der Waals surface area contributed by atoms with E-state index in [1.807, 2.05) is 0 Å². The summed E-state index contributed by atoms with van der Waals surface area (Å²) in [6, 6.07) is 13.6. The van der Waals surface area contributed by atoms with Crippen LogP contribution in [0.25, 0.3) is 0 Å². The van der Waals surface area contributed by atoms with E-state index >= 15 is 0 Å². The van der Waals surface area contributed by atoms with Gasteiger partial charge < -0.3 is 4.74 Å². The number of esters is 1. The molecule has 0 saturated carbocycles. The molecule has 0 aromatic heterocycles. The summed E-state index contributed by atoms with van der Waals surface area (Å²) in [4.78, 5) is 37.9. The van der Waals surface area contributed by atoms with Crippen LogP contribution >= 0.6 is 23.4 Å². The van der Waals surface area contributed by atoms with Gasteiger partial charge in [-0.15, -0.1) is 11.8 Å². The molecule has 0 unspecified atom stereocenters. The maximum atomic E-state index is 12.1. The van der Waals surface area contributed by atoms with Crippen molar-refractivity contribution in [2.45, 2.75) is 4.90 Å². The molecular formula is C17H12ClNO4S. The molecule has 0 bridgehead atoms. The van der Waals surface area contributed by atoms with Crippen LogP contribution in [0.5, 0.6) is 0 Å². The first-order valence-corrected chi connectivity index (χ1v) is 8.42. The summed E-state index contributed by atoms with van der Waals surface area (Å²) >= 11 is 7.08. The fourth-order valence-corrected chi connectivity index (χ4v) is 3.03. The standard InChI is InChI=1S/C17H12ClNO4S/c18-11-5-7-12(8-6-11)24-9-15(20)23-10-19-16(21)13-3-1-2-4-14(13)17(19)22/h1-8H,9-10H2. The Hall–Kier alpha value is -2.31. The third-order valence-corrected chi connectivity index (χ3v) is 4.64. The van der Waals surface area contributed by atoms with Gasteiger partial charge in [-0.25, -0.2) is 4.90 Å². The predicted molar refractivity (Wildman–Crippen MR) is 90.1 cm³/mol. The second-order valence-electron chi connectivity index (χ2n) is 4.97. The number of halogens is 1. The van der Waals surface area contributed by atoms with Gasteiger partial charge in [-0.1, -0.05) is 23.7 Å². The number of rotatable bonds is 5. The van der Waals surface area contributed by atoms with Gasteiger partial charge in [-0.3, -0.25) is 14.4 Å². The number of carbonyl (C=O) groups is 3. The van der Waals surface area contributed by atoms with Gasteiger partial charge in [-0.05, 0) is 36.4 Å². The molecule has 0 atom stereocenters. The molecule has 1 aliphatic rings. The minimum atomic E-state index is -0.508. The van der Waals surface area contributed by atoms with Crippen LogP contribution in [0.3, 0.4) is 0 Å². The smallest absolute Gasteiger partial charge is 0.318 e. The van der Waals surface area contributed by atoms with Gasteiger partial charge in [0, 0.05) is 9.92 Å². The van der Waals surface area contributed by atoms with Gasteiger partial charge in [0.25, 0.3) is 11.8 Å². The van der Waals surface area contributed by atoms with Crippen LogP contribution in [0.2, 0.25) is 5.02 Å². The number of nitrogens with zero attached hydrogens (tertiary/aromatic N) is 1. The lowest BCUT2D eigenvalue weighted by Gasteiger charge is -2.13. The fraction of sp³-hybridized carbons (Fsp3) is 0.118. The lowest BCUT2D eigenvalue weighted by molar-refractivity contribution is -0.142. The number of carbonyl (C=O) groups excluding carboxylic acids is 3. The molecule has 24 heavy (non-hydrogen) atoms. The van der Waals surface area contributed by atoms with Crippen molar-refractivity contribution in [3.8, 4) is 0 Å². The topological polar surface area (TPSA) is 63.7 Å². The monoisotopic (exact) mass is 361 g/mol. The Morgan fingerprint density at radius 2 is 1.58 bits per heavy atom. The van der Waals surface area contributed by atoms with Gasteiger partial charge in [0.2, 0.25) is 0 Å². The second-order valence-corrected chi connectivity index (χ2v) is 6.46. The van der Waals surface area contributed by atoms with Crippen LogP contribution in [0.1, 0.15) is 20.7 Å². The maximum Gasteiger partial charge on any atom is 0.318 e. The zero-order chi connectivity index (χ0) is 17.1. The molecule has 0 saturated heterocycles. The number of fused-ring (bicyclic) bond motifs is 1. The quantitative estimate of drug-likeness (QED) is 0.465. The molecule has 1 aliphatic heterocycles. The molecule has 5 nitrogen and oxygen atoms in total. The van der Waals surface area contributed by atoms with Crippen LogP contribution in [0, 0.1) is 0 Å². The van der Waals surface area contributed by atoms with E-state index in [-0.39, 0.29) is 12.5 Å². The van der Waals surface area contributed by atoms with E-state index in [4.69, 9.17) is 16.3 Å². The number of thioether (sulfide) groups is 1. The molecule has 2 aromatic rings. The highest BCUT2D eigenvalue weighted by Gasteiger charge is 2.35. The predicted octanol–water partition coefficient (Wildman–Crippen LogP) is 3.23. The number of benzene rings is 2.